The molecule has 3 N–H and O–H groups in total. The van der Waals surface area contributed by atoms with E-state index in [-0.39, 0.29) is 0 Å². The van der Waals surface area contributed by atoms with Crippen LogP contribution in [0.3, 0.4) is 0 Å². The van der Waals surface area contributed by atoms with Gasteiger partial charge in [0, 0.05) is 25.2 Å². The standard InChI is InChI=1S/C24H23F3N4/c1-31(11-10-28)15-16-4-2-5-17(12-16)18-6-3-7-19(13-18)23-29-21-9-8-20(24(25,26)27)14-22(21)30-23/h2-9,12-14H,10-11,15,28H2,1H3,(H,29,30). The summed E-state index contributed by atoms with van der Waals surface area (Å²) in [7, 11) is 2.03. The van der Waals surface area contributed by atoms with Gasteiger partial charge in [0.1, 0.15) is 5.82 Å². The van der Waals surface area contributed by atoms with Crippen molar-refractivity contribution in [3.8, 4) is 22.5 Å². The zero-order valence-electron chi connectivity index (χ0n) is 17.1. The van der Waals surface area contributed by atoms with Crippen LogP contribution in [0.4, 0.5) is 13.2 Å². The number of nitrogens with zero attached hydrogens (tertiary/aromatic N) is 2. The molecule has 0 aliphatic rings. The zero-order chi connectivity index (χ0) is 22.0. The lowest BCUT2D eigenvalue weighted by molar-refractivity contribution is -0.137. The number of rotatable bonds is 6. The maximum atomic E-state index is 13.0. The van der Waals surface area contributed by atoms with E-state index in [0.717, 1.165) is 41.9 Å². The summed E-state index contributed by atoms with van der Waals surface area (Å²) in [5.41, 5.74) is 9.87. The highest BCUT2D eigenvalue weighted by Crippen LogP contribution is 2.32. The average Bonchev–Trinajstić information content (AvgIpc) is 3.17. The smallest absolute Gasteiger partial charge is 0.338 e. The van der Waals surface area contributed by atoms with E-state index in [1.165, 1.54) is 11.6 Å². The topological polar surface area (TPSA) is 57.9 Å². The number of H-pyrrole nitrogens is 1. The van der Waals surface area contributed by atoms with Crippen LogP contribution < -0.4 is 5.73 Å². The van der Waals surface area contributed by atoms with E-state index in [2.05, 4.69) is 27.0 Å². The van der Waals surface area contributed by atoms with Crippen molar-refractivity contribution in [2.75, 3.05) is 20.1 Å². The molecule has 4 nitrogen and oxygen atoms in total. The highest BCUT2D eigenvalue weighted by molar-refractivity contribution is 5.81. The first kappa shape index (κ1) is 21.1. The molecular formula is C24H23F3N4. The van der Waals surface area contributed by atoms with Gasteiger partial charge in [-0.3, -0.25) is 0 Å². The van der Waals surface area contributed by atoms with Crippen LogP contribution in [0.2, 0.25) is 0 Å². The van der Waals surface area contributed by atoms with E-state index in [1.807, 2.05) is 43.4 Å². The Morgan fingerprint density at radius 2 is 1.65 bits per heavy atom. The normalized spacial score (nSPS) is 12.1. The van der Waals surface area contributed by atoms with Crippen molar-refractivity contribution in [3.05, 3.63) is 77.9 Å². The Hall–Kier alpha value is -3.16. The van der Waals surface area contributed by atoms with Crippen molar-refractivity contribution in [1.82, 2.24) is 14.9 Å². The third-order valence-corrected chi connectivity index (χ3v) is 5.17. The molecule has 0 amide bonds. The monoisotopic (exact) mass is 424 g/mol. The fraction of sp³-hybridized carbons (Fsp3) is 0.208. The van der Waals surface area contributed by atoms with Crippen LogP contribution in [-0.2, 0) is 12.7 Å². The first-order chi connectivity index (χ1) is 14.8. The minimum Gasteiger partial charge on any atom is -0.338 e. The zero-order valence-corrected chi connectivity index (χ0v) is 17.1. The van der Waals surface area contributed by atoms with Gasteiger partial charge in [0.2, 0.25) is 0 Å². The maximum absolute atomic E-state index is 13.0. The van der Waals surface area contributed by atoms with Crippen LogP contribution in [-0.4, -0.2) is 35.0 Å². The summed E-state index contributed by atoms with van der Waals surface area (Å²) >= 11 is 0. The van der Waals surface area contributed by atoms with Crippen molar-refractivity contribution in [2.45, 2.75) is 12.7 Å². The van der Waals surface area contributed by atoms with Crippen LogP contribution >= 0.6 is 0 Å². The number of aromatic nitrogens is 2. The van der Waals surface area contributed by atoms with E-state index in [9.17, 15) is 13.2 Å². The summed E-state index contributed by atoms with van der Waals surface area (Å²) < 4.78 is 39.0. The Bertz CT molecular complexity index is 1200. The highest BCUT2D eigenvalue weighted by Gasteiger charge is 2.30. The largest absolute Gasteiger partial charge is 0.416 e. The number of aromatic amines is 1. The summed E-state index contributed by atoms with van der Waals surface area (Å²) in [6.07, 6.45) is -4.39. The summed E-state index contributed by atoms with van der Waals surface area (Å²) in [4.78, 5) is 9.67. The Balaban J connectivity index is 1.64. The molecule has 0 atom stereocenters. The molecule has 0 unspecified atom stereocenters. The van der Waals surface area contributed by atoms with Gasteiger partial charge in [-0.1, -0.05) is 36.4 Å². The second kappa shape index (κ2) is 8.53. The van der Waals surface area contributed by atoms with Crippen molar-refractivity contribution in [3.63, 3.8) is 0 Å². The number of hydrogen-bond acceptors (Lipinski definition) is 3. The van der Waals surface area contributed by atoms with Gasteiger partial charge in [0.25, 0.3) is 0 Å². The Kier molecular flexibility index (Phi) is 5.80. The summed E-state index contributed by atoms with van der Waals surface area (Å²) in [6, 6.07) is 19.6. The molecule has 0 saturated heterocycles. The van der Waals surface area contributed by atoms with Gasteiger partial charge in [-0.25, -0.2) is 4.98 Å². The number of alkyl halides is 3. The SMILES string of the molecule is CN(CCN)Cc1cccc(-c2cccc(-c3nc4ccc(C(F)(F)F)cc4[nH]3)c2)c1. The van der Waals surface area contributed by atoms with Gasteiger partial charge in [-0.2, -0.15) is 13.2 Å². The molecule has 0 aliphatic heterocycles. The summed E-state index contributed by atoms with van der Waals surface area (Å²) in [5.74, 6) is 0.537. The molecule has 1 heterocycles. The number of nitrogens with one attached hydrogen (secondary N) is 1. The minimum absolute atomic E-state index is 0.361. The van der Waals surface area contributed by atoms with Crippen LogP contribution in [0.5, 0.6) is 0 Å². The molecule has 3 aromatic carbocycles. The summed E-state index contributed by atoms with van der Waals surface area (Å²) in [5, 5.41) is 0. The first-order valence-electron chi connectivity index (χ1n) is 9.99. The van der Waals surface area contributed by atoms with E-state index < -0.39 is 11.7 Å². The number of hydrogen-bond donors (Lipinski definition) is 2. The van der Waals surface area contributed by atoms with Gasteiger partial charge in [0.15, 0.2) is 0 Å². The van der Waals surface area contributed by atoms with Crippen molar-refractivity contribution in [1.29, 1.82) is 0 Å². The van der Waals surface area contributed by atoms with Gasteiger partial charge in [-0.15, -0.1) is 0 Å². The third kappa shape index (κ3) is 4.78. The van der Waals surface area contributed by atoms with Crippen LogP contribution in [0.15, 0.2) is 66.7 Å². The maximum Gasteiger partial charge on any atom is 0.416 e. The van der Waals surface area contributed by atoms with Gasteiger partial charge in [0.05, 0.1) is 16.6 Å². The molecule has 0 fully saturated rings. The van der Waals surface area contributed by atoms with Crippen LogP contribution in [0.25, 0.3) is 33.5 Å². The molecular weight excluding hydrogens is 401 g/mol. The third-order valence-electron chi connectivity index (χ3n) is 5.17. The predicted molar refractivity (Wildman–Crippen MR) is 117 cm³/mol. The second-order valence-corrected chi connectivity index (χ2v) is 7.62. The van der Waals surface area contributed by atoms with Gasteiger partial charge >= 0.3 is 6.18 Å². The van der Waals surface area contributed by atoms with Crippen LogP contribution in [0, 0.1) is 0 Å². The molecule has 0 spiro atoms. The number of nitrogens with two attached hydrogens (primary N) is 1. The highest BCUT2D eigenvalue weighted by atomic mass is 19.4. The van der Waals surface area contributed by atoms with Gasteiger partial charge in [-0.05, 0) is 54.1 Å². The lowest BCUT2D eigenvalue weighted by Gasteiger charge is -2.16. The number of benzene rings is 3. The number of fused-ring (bicyclic) bond motifs is 1. The Morgan fingerprint density at radius 3 is 2.39 bits per heavy atom. The van der Waals surface area contributed by atoms with Crippen molar-refractivity contribution >= 4 is 11.0 Å². The molecule has 0 aliphatic carbocycles. The Labute approximate surface area is 178 Å². The molecule has 7 heteroatoms. The fourth-order valence-corrected chi connectivity index (χ4v) is 3.63. The van der Waals surface area contributed by atoms with E-state index in [0.29, 0.717) is 23.4 Å². The van der Waals surface area contributed by atoms with Crippen molar-refractivity contribution < 1.29 is 13.2 Å². The molecule has 4 aromatic rings. The van der Waals surface area contributed by atoms with E-state index in [4.69, 9.17) is 5.73 Å². The number of halogens is 3. The Morgan fingerprint density at radius 1 is 0.935 bits per heavy atom. The molecule has 0 saturated carbocycles. The van der Waals surface area contributed by atoms with Gasteiger partial charge < -0.3 is 15.6 Å². The lowest BCUT2D eigenvalue weighted by atomic mass is 10.0. The lowest BCUT2D eigenvalue weighted by Crippen LogP contribution is -2.24. The quantitative estimate of drug-likeness (QED) is 0.441. The summed E-state index contributed by atoms with van der Waals surface area (Å²) in [6.45, 7) is 2.23. The minimum atomic E-state index is -4.39. The second-order valence-electron chi connectivity index (χ2n) is 7.62. The molecule has 4 rings (SSSR count). The molecule has 160 valence electrons. The van der Waals surface area contributed by atoms with E-state index >= 15 is 0 Å². The molecule has 31 heavy (non-hydrogen) atoms. The molecule has 0 radical (unpaired) electrons. The number of likely N-dealkylation sites (N-methyl/N-ethyl adjacent to an activating group) is 1. The van der Waals surface area contributed by atoms with Crippen LogP contribution in [0.1, 0.15) is 11.1 Å². The fourth-order valence-electron chi connectivity index (χ4n) is 3.63. The molecule has 1 aromatic heterocycles. The number of imidazole rings is 1. The van der Waals surface area contributed by atoms with E-state index in [1.54, 1.807) is 0 Å². The predicted octanol–water partition coefficient (Wildman–Crippen LogP) is 5.31. The molecule has 0 bridgehead atoms. The first-order valence-corrected chi connectivity index (χ1v) is 9.99. The average molecular weight is 424 g/mol. The van der Waals surface area contributed by atoms with Crippen molar-refractivity contribution in [2.24, 2.45) is 5.73 Å².